The van der Waals surface area contributed by atoms with E-state index in [9.17, 15) is 4.39 Å². The number of halogens is 1. The maximum atomic E-state index is 13.7. The average molecular weight is 219 g/mol. The molecule has 0 radical (unpaired) electrons. The molecule has 0 saturated heterocycles. The number of nitrogens with zero attached hydrogens (tertiary/aromatic N) is 2. The summed E-state index contributed by atoms with van der Waals surface area (Å²) in [5, 5.41) is 4.19. The topological polar surface area (TPSA) is 43.8 Å². The second kappa shape index (κ2) is 4.45. The SMILES string of the molecule is CCn1ncc(CN)c1-c1ccccc1F. The van der Waals surface area contributed by atoms with Crippen molar-refractivity contribution < 1.29 is 4.39 Å². The molecule has 84 valence electrons. The van der Waals surface area contributed by atoms with Crippen LogP contribution in [0, 0.1) is 5.82 Å². The summed E-state index contributed by atoms with van der Waals surface area (Å²) in [4.78, 5) is 0. The summed E-state index contributed by atoms with van der Waals surface area (Å²) in [7, 11) is 0. The minimum Gasteiger partial charge on any atom is -0.326 e. The lowest BCUT2D eigenvalue weighted by Crippen LogP contribution is -2.03. The molecule has 0 saturated carbocycles. The summed E-state index contributed by atoms with van der Waals surface area (Å²) in [6.45, 7) is 3.03. The smallest absolute Gasteiger partial charge is 0.132 e. The molecule has 0 aliphatic rings. The highest BCUT2D eigenvalue weighted by Crippen LogP contribution is 2.25. The molecule has 0 unspecified atom stereocenters. The van der Waals surface area contributed by atoms with Crippen LogP contribution >= 0.6 is 0 Å². The molecule has 2 aromatic rings. The molecule has 0 bridgehead atoms. The fraction of sp³-hybridized carbons (Fsp3) is 0.250. The lowest BCUT2D eigenvalue weighted by atomic mass is 10.1. The van der Waals surface area contributed by atoms with E-state index in [0.717, 1.165) is 11.3 Å². The van der Waals surface area contributed by atoms with Crippen LogP contribution in [-0.2, 0) is 13.1 Å². The van der Waals surface area contributed by atoms with Gasteiger partial charge in [-0.05, 0) is 19.1 Å². The third-order valence-electron chi connectivity index (χ3n) is 2.56. The normalized spacial score (nSPS) is 10.7. The first kappa shape index (κ1) is 10.8. The zero-order valence-electron chi connectivity index (χ0n) is 9.15. The van der Waals surface area contributed by atoms with Crippen LogP contribution < -0.4 is 5.73 Å². The van der Waals surface area contributed by atoms with Gasteiger partial charge in [0.05, 0.1) is 11.9 Å². The lowest BCUT2D eigenvalue weighted by Gasteiger charge is -2.08. The Morgan fingerprint density at radius 3 is 2.75 bits per heavy atom. The fourth-order valence-corrected chi connectivity index (χ4v) is 1.78. The molecule has 1 heterocycles. The van der Waals surface area contributed by atoms with Gasteiger partial charge in [-0.15, -0.1) is 0 Å². The Morgan fingerprint density at radius 2 is 2.12 bits per heavy atom. The Morgan fingerprint density at radius 1 is 1.38 bits per heavy atom. The van der Waals surface area contributed by atoms with Crippen LogP contribution in [-0.4, -0.2) is 9.78 Å². The van der Waals surface area contributed by atoms with Gasteiger partial charge in [0.15, 0.2) is 0 Å². The van der Waals surface area contributed by atoms with Gasteiger partial charge in [0.25, 0.3) is 0 Å². The molecule has 0 atom stereocenters. The molecule has 0 fully saturated rings. The number of benzene rings is 1. The van der Waals surface area contributed by atoms with Crippen LogP contribution in [0.5, 0.6) is 0 Å². The van der Waals surface area contributed by atoms with Gasteiger partial charge >= 0.3 is 0 Å². The van der Waals surface area contributed by atoms with Crippen molar-refractivity contribution in [1.29, 1.82) is 0 Å². The van der Waals surface area contributed by atoms with Gasteiger partial charge in [0.2, 0.25) is 0 Å². The van der Waals surface area contributed by atoms with E-state index in [1.807, 2.05) is 13.0 Å². The summed E-state index contributed by atoms with van der Waals surface area (Å²) in [6, 6.07) is 6.68. The maximum absolute atomic E-state index is 13.7. The van der Waals surface area contributed by atoms with Gasteiger partial charge in [-0.25, -0.2) is 4.39 Å². The van der Waals surface area contributed by atoms with Crippen molar-refractivity contribution in [3.8, 4) is 11.3 Å². The number of rotatable bonds is 3. The fourth-order valence-electron chi connectivity index (χ4n) is 1.78. The number of hydrogen-bond donors (Lipinski definition) is 1. The van der Waals surface area contributed by atoms with E-state index in [2.05, 4.69) is 5.10 Å². The van der Waals surface area contributed by atoms with Crippen LogP contribution in [0.1, 0.15) is 12.5 Å². The van der Waals surface area contributed by atoms with Crippen LogP contribution in [0.3, 0.4) is 0 Å². The Balaban J connectivity index is 2.62. The van der Waals surface area contributed by atoms with Crippen molar-refractivity contribution in [3.63, 3.8) is 0 Å². The van der Waals surface area contributed by atoms with Crippen LogP contribution in [0.4, 0.5) is 4.39 Å². The molecular weight excluding hydrogens is 205 g/mol. The first-order chi connectivity index (χ1) is 7.77. The second-order valence-electron chi connectivity index (χ2n) is 3.52. The van der Waals surface area contributed by atoms with E-state index in [1.165, 1.54) is 6.07 Å². The molecule has 16 heavy (non-hydrogen) atoms. The minimum absolute atomic E-state index is 0.243. The number of hydrogen-bond acceptors (Lipinski definition) is 2. The Hall–Kier alpha value is -1.68. The van der Waals surface area contributed by atoms with Gasteiger partial charge in [-0.3, -0.25) is 4.68 Å². The minimum atomic E-state index is -0.243. The summed E-state index contributed by atoms with van der Waals surface area (Å²) >= 11 is 0. The van der Waals surface area contributed by atoms with Crippen LogP contribution in [0.15, 0.2) is 30.5 Å². The summed E-state index contributed by atoms with van der Waals surface area (Å²) < 4.78 is 15.5. The third kappa shape index (κ3) is 1.72. The van der Waals surface area contributed by atoms with E-state index in [4.69, 9.17) is 5.73 Å². The molecule has 2 rings (SSSR count). The Kier molecular flexibility index (Phi) is 3.01. The molecule has 0 amide bonds. The summed E-state index contributed by atoms with van der Waals surface area (Å²) in [6.07, 6.45) is 1.70. The summed E-state index contributed by atoms with van der Waals surface area (Å²) in [5.41, 5.74) is 7.84. The monoisotopic (exact) mass is 219 g/mol. The van der Waals surface area contributed by atoms with Crippen molar-refractivity contribution in [2.75, 3.05) is 0 Å². The van der Waals surface area contributed by atoms with Gasteiger partial charge in [0, 0.05) is 24.2 Å². The first-order valence-electron chi connectivity index (χ1n) is 5.27. The van der Waals surface area contributed by atoms with E-state index >= 15 is 0 Å². The highest BCUT2D eigenvalue weighted by molar-refractivity contribution is 5.64. The number of nitrogens with two attached hydrogens (primary N) is 1. The standard InChI is InChI=1S/C12H14FN3/c1-2-16-12(9(7-14)8-15-16)10-5-3-4-6-11(10)13/h3-6,8H,2,7,14H2,1H3. The lowest BCUT2D eigenvalue weighted by molar-refractivity contribution is 0.621. The highest BCUT2D eigenvalue weighted by Gasteiger charge is 2.13. The molecule has 0 aliphatic heterocycles. The van der Waals surface area contributed by atoms with Gasteiger partial charge in [-0.1, -0.05) is 12.1 Å². The molecule has 0 spiro atoms. The second-order valence-corrected chi connectivity index (χ2v) is 3.52. The zero-order valence-corrected chi connectivity index (χ0v) is 9.15. The number of aryl methyl sites for hydroxylation is 1. The largest absolute Gasteiger partial charge is 0.326 e. The molecule has 1 aromatic carbocycles. The molecule has 0 aliphatic carbocycles. The van der Waals surface area contributed by atoms with Gasteiger partial charge in [0.1, 0.15) is 5.82 Å². The molecule has 4 heteroatoms. The van der Waals surface area contributed by atoms with E-state index in [-0.39, 0.29) is 5.82 Å². The van der Waals surface area contributed by atoms with Crippen LogP contribution in [0.25, 0.3) is 11.3 Å². The Labute approximate surface area is 93.7 Å². The predicted octanol–water partition coefficient (Wildman–Crippen LogP) is 2.17. The molecule has 1 aromatic heterocycles. The summed E-state index contributed by atoms with van der Waals surface area (Å²) in [5.74, 6) is -0.243. The highest BCUT2D eigenvalue weighted by atomic mass is 19.1. The number of aromatic nitrogens is 2. The van der Waals surface area contributed by atoms with Gasteiger partial charge < -0.3 is 5.73 Å². The van der Waals surface area contributed by atoms with Crippen molar-refractivity contribution in [2.24, 2.45) is 5.73 Å². The zero-order chi connectivity index (χ0) is 11.5. The maximum Gasteiger partial charge on any atom is 0.132 e. The molecule has 3 nitrogen and oxygen atoms in total. The average Bonchev–Trinajstić information content (AvgIpc) is 2.72. The first-order valence-corrected chi connectivity index (χ1v) is 5.27. The quantitative estimate of drug-likeness (QED) is 0.859. The van der Waals surface area contributed by atoms with Crippen LogP contribution in [0.2, 0.25) is 0 Å². The molecular formula is C12H14FN3. The third-order valence-corrected chi connectivity index (χ3v) is 2.56. The van der Waals surface area contributed by atoms with E-state index < -0.39 is 0 Å². The van der Waals surface area contributed by atoms with E-state index in [1.54, 1.807) is 23.0 Å². The van der Waals surface area contributed by atoms with Gasteiger partial charge in [-0.2, -0.15) is 5.10 Å². The molecule has 2 N–H and O–H groups in total. The van der Waals surface area contributed by atoms with E-state index in [0.29, 0.717) is 18.7 Å². The Bertz CT molecular complexity index is 469. The van der Waals surface area contributed by atoms with Crippen molar-refractivity contribution in [1.82, 2.24) is 9.78 Å². The van der Waals surface area contributed by atoms with Crippen molar-refractivity contribution in [3.05, 3.63) is 41.8 Å². The predicted molar refractivity (Wildman–Crippen MR) is 61.2 cm³/mol. The van der Waals surface area contributed by atoms with Crippen molar-refractivity contribution >= 4 is 0 Å². The van der Waals surface area contributed by atoms with Crippen molar-refractivity contribution in [2.45, 2.75) is 20.0 Å².